The average Bonchev–Trinajstić information content (AvgIpc) is 2.99. The van der Waals surface area contributed by atoms with Crippen molar-refractivity contribution in [2.24, 2.45) is 0 Å². The summed E-state index contributed by atoms with van der Waals surface area (Å²) in [5.41, 5.74) is 0.440. The number of benzene rings is 1. The Hall–Kier alpha value is -2.48. The average molecular weight is 384 g/mol. The van der Waals surface area contributed by atoms with E-state index in [-0.39, 0.29) is 5.76 Å². The van der Waals surface area contributed by atoms with Crippen LogP contribution in [0.2, 0.25) is 0 Å². The third-order valence-electron chi connectivity index (χ3n) is 2.79. The highest BCUT2D eigenvalue weighted by molar-refractivity contribution is 9.10. The Balaban J connectivity index is 1.93. The number of halogens is 1. The van der Waals surface area contributed by atoms with Crippen molar-refractivity contribution in [1.29, 1.82) is 0 Å². The molecule has 8 heteroatoms. The lowest BCUT2D eigenvalue weighted by molar-refractivity contribution is -0.119. The second-order valence-electron chi connectivity index (χ2n) is 4.29. The van der Waals surface area contributed by atoms with Gasteiger partial charge in [-0.05, 0) is 40.2 Å². The van der Waals surface area contributed by atoms with Crippen LogP contribution in [0.25, 0.3) is 0 Å². The molecule has 2 rings (SSSR count). The first-order valence-corrected chi connectivity index (χ1v) is 7.27. The van der Waals surface area contributed by atoms with E-state index in [0.29, 0.717) is 21.9 Å². The Morgan fingerprint density at radius 2 is 1.96 bits per heavy atom. The summed E-state index contributed by atoms with van der Waals surface area (Å²) in [5, 5.41) is 2.59. The Bertz CT molecular complexity index is 712. The monoisotopic (exact) mass is 383 g/mol. The molecular formula is C15H14BrNO6. The third kappa shape index (κ3) is 4.49. The first kappa shape index (κ1) is 16.9. The van der Waals surface area contributed by atoms with Crippen LogP contribution in [-0.4, -0.2) is 32.7 Å². The number of carbonyl (C=O) groups is 2. The number of hydrogen-bond donors (Lipinski definition) is 1. The van der Waals surface area contributed by atoms with Gasteiger partial charge in [0.25, 0.3) is 5.91 Å². The molecular weight excluding hydrogens is 370 g/mol. The van der Waals surface area contributed by atoms with Crippen molar-refractivity contribution in [1.82, 2.24) is 0 Å². The molecule has 0 aliphatic rings. The van der Waals surface area contributed by atoms with Gasteiger partial charge in [0.15, 0.2) is 11.3 Å². The van der Waals surface area contributed by atoms with E-state index in [1.165, 1.54) is 20.3 Å². The molecule has 0 unspecified atom stereocenters. The van der Waals surface area contributed by atoms with Crippen molar-refractivity contribution in [3.8, 4) is 11.5 Å². The predicted molar refractivity (Wildman–Crippen MR) is 84.9 cm³/mol. The number of ether oxygens (including phenoxy) is 3. The maximum absolute atomic E-state index is 11.9. The summed E-state index contributed by atoms with van der Waals surface area (Å²) >= 11 is 3.07. The highest BCUT2D eigenvalue weighted by Gasteiger charge is 2.15. The van der Waals surface area contributed by atoms with E-state index in [1.807, 2.05) is 0 Å². The number of esters is 1. The van der Waals surface area contributed by atoms with Crippen LogP contribution in [0.15, 0.2) is 39.4 Å². The SMILES string of the molecule is COc1ccc(NC(=O)COC(=O)c2ccc(Br)o2)c(OC)c1. The summed E-state index contributed by atoms with van der Waals surface area (Å²) in [7, 11) is 3.00. The lowest BCUT2D eigenvalue weighted by Crippen LogP contribution is -2.21. The van der Waals surface area contributed by atoms with Gasteiger partial charge in [-0.25, -0.2) is 4.79 Å². The van der Waals surface area contributed by atoms with Crippen LogP contribution < -0.4 is 14.8 Å². The summed E-state index contributed by atoms with van der Waals surface area (Å²) in [6.45, 7) is -0.452. The van der Waals surface area contributed by atoms with Crippen molar-refractivity contribution in [3.63, 3.8) is 0 Å². The number of nitrogens with one attached hydrogen (secondary N) is 1. The first-order valence-electron chi connectivity index (χ1n) is 6.48. The number of furan rings is 1. The second kappa shape index (κ2) is 7.68. The summed E-state index contributed by atoms with van der Waals surface area (Å²) < 4.78 is 20.5. The van der Waals surface area contributed by atoms with Crippen molar-refractivity contribution >= 4 is 33.5 Å². The van der Waals surface area contributed by atoms with Crippen molar-refractivity contribution in [2.75, 3.05) is 26.1 Å². The van der Waals surface area contributed by atoms with Gasteiger partial charge < -0.3 is 23.9 Å². The van der Waals surface area contributed by atoms with Gasteiger partial charge in [0, 0.05) is 6.07 Å². The fraction of sp³-hybridized carbons (Fsp3) is 0.200. The van der Waals surface area contributed by atoms with Gasteiger partial charge >= 0.3 is 5.97 Å². The van der Waals surface area contributed by atoms with Crippen LogP contribution in [0.1, 0.15) is 10.6 Å². The van der Waals surface area contributed by atoms with Gasteiger partial charge in [-0.3, -0.25) is 4.79 Å². The van der Waals surface area contributed by atoms with Crippen molar-refractivity contribution in [3.05, 3.63) is 40.8 Å². The molecule has 0 fully saturated rings. The number of hydrogen-bond acceptors (Lipinski definition) is 6. The van der Waals surface area contributed by atoms with E-state index >= 15 is 0 Å². The van der Waals surface area contributed by atoms with Crippen LogP contribution in [0.4, 0.5) is 5.69 Å². The fourth-order valence-electron chi connectivity index (χ4n) is 1.71. The predicted octanol–water partition coefficient (Wildman–Crippen LogP) is 2.85. The molecule has 1 heterocycles. The molecule has 0 spiro atoms. The van der Waals surface area contributed by atoms with E-state index in [9.17, 15) is 9.59 Å². The molecule has 2 aromatic rings. The Morgan fingerprint density at radius 1 is 1.17 bits per heavy atom. The van der Waals surface area contributed by atoms with Crippen LogP contribution in [0.3, 0.4) is 0 Å². The van der Waals surface area contributed by atoms with E-state index in [0.717, 1.165) is 0 Å². The zero-order valence-corrected chi connectivity index (χ0v) is 14.0. The summed E-state index contributed by atoms with van der Waals surface area (Å²) in [6, 6.07) is 7.92. The topological polar surface area (TPSA) is 87.0 Å². The van der Waals surface area contributed by atoms with E-state index in [1.54, 1.807) is 24.3 Å². The molecule has 0 radical (unpaired) electrons. The van der Waals surface area contributed by atoms with Crippen LogP contribution in [0.5, 0.6) is 11.5 Å². The summed E-state index contributed by atoms with van der Waals surface area (Å²) in [5.74, 6) is -0.208. The van der Waals surface area contributed by atoms with Gasteiger partial charge in [-0.2, -0.15) is 0 Å². The highest BCUT2D eigenvalue weighted by atomic mass is 79.9. The minimum atomic E-state index is -0.729. The quantitative estimate of drug-likeness (QED) is 0.771. The largest absolute Gasteiger partial charge is 0.497 e. The fourth-order valence-corrected chi connectivity index (χ4v) is 2.02. The van der Waals surface area contributed by atoms with Gasteiger partial charge in [0.2, 0.25) is 5.76 Å². The molecule has 0 atom stereocenters. The molecule has 1 amide bonds. The molecule has 23 heavy (non-hydrogen) atoms. The Morgan fingerprint density at radius 3 is 2.57 bits per heavy atom. The molecule has 0 saturated carbocycles. The second-order valence-corrected chi connectivity index (χ2v) is 5.08. The molecule has 0 aliphatic heterocycles. The first-order chi connectivity index (χ1) is 11.0. The number of amides is 1. The number of carbonyl (C=O) groups excluding carboxylic acids is 2. The lowest BCUT2D eigenvalue weighted by Gasteiger charge is -2.11. The lowest BCUT2D eigenvalue weighted by atomic mass is 10.2. The van der Waals surface area contributed by atoms with E-state index in [4.69, 9.17) is 18.6 Å². The molecule has 1 aromatic heterocycles. The summed E-state index contributed by atoms with van der Waals surface area (Å²) in [6.07, 6.45) is 0. The zero-order valence-electron chi connectivity index (χ0n) is 12.4. The molecule has 0 saturated heterocycles. The van der Waals surface area contributed by atoms with E-state index < -0.39 is 18.5 Å². The zero-order chi connectivity index (χ0) is 16.8. The molecule has 7 nitrogen and oxygen atoms in total. The van der Waals surface area contributed by atoms with Crippen molar-refractivity contribution in [2.45, 2.75) is 0 Å². The van der Waals surface area contributed by atoms with Crippen LogP contribution in [-0.2, 0) is 9.53 Å². The minimum absolute atomic E-state index is 0.00621. The highest BCUT2D eigenvalue weighted by Crippen LogP contribution is 2.28. The number of rotatable bonds is 6. The third-order valence-corrected chi connectivity index (χ3v) is 3.22. The van der Waals surface area contributed by atoms with Gasteiger partial charge in [0.1, 0.15) is 11.5 Å². The maximum Gasteiger partial charge on any atom is 0.374 e. The van der Waals surface area contributed by atoms with Gasteiger partial charge in [0.05, 0.1) is 19.9 Å². The van der Waals surface area contributed by atoms with Gasteiger partial charge in [-0.1, -0.05) is 0 Å². The molecule has 122 valence electrons. The Kier molecular flexibility index (Phi) is 5.64. The summed E-state index contributed by atoms with van der Waals surface area (Å²) in [4.78, 5) is 23.5. The van der Waals surface area contributed by atoms with Crippen LogP contribution >= 0.6 is 15.9 Å². The number of methoxy groups -OCH3 is 2. The smallest absolute Gasteiger partial charge is 0.374 e. The van der Waals surface area contributed by atoms with Crippen molar-refractivity contribution < 1.29 is 28.2 Å². The van der Waals surface area contributed by atoms with Gasteiger partial charge in [-0.15, -0.1) is 0 Å². The standard InChI is InChI=1S/C15H14BrNO6/c1-20-9-3-4-10(12(7-9)21-2)17-14(18)8-22-15(19)11-5-6-13(16)23-11/h3-7H,8H2,1-2H3,(H,17,18). The normalized spacial score (nSPS) is 10.0. The van der Waals surface area contributed by atoms with Crippen LogP contribution in [0, 0.1) is 0 Å². The minimum Gasteiger partial charge on any atom is -0.497 e. The Labute approximate surface area is 140 Å². The number of anilines is 1. The maximum atomic E-state index is 11.9. The molecule has 1 aromatic carbocycles. The molecule has 0 aliphatic carbocycles. The molecule has 1 N–H and O–H groups in total. The van der Waals surface area contributed by atoms with E-state index in [2.05, 4.69) is 21.2 Å². The molecule has 0 bridgehead atoms.